The van der Waals surface area contributed by atoms with Crippen molar-refractivity contribution in [2.24, 2.45) is 0 Å². The predicted molar refractivity (Wildman–Crippen MR) is 197 cm³/mol. The van der Waals surface area contributed by atoms with Crippen LogP contribution in [0.25, 0.3) is 0 Å². The second-order valence-electron chi connectivity index (χ2n) is 13.5. The van der Waals surface area contributed by atoms with Crippen LogP contribution in [0.1, 0.15) is 149 Å². The Kier molecular flexibility index (Phi) is 28.9. The summed E-state index contributed by atoms with van der Waals surface area (Å²) < 4.78 is 58.7. The molecular formula is C38H70O12S. The first-order valence-corrected chi connectivity index (χ1v) is 21.0. The SMILES string of the molecule is CCCC/C=C\C/C=C\CCCCCCCCOCC(COC1OC(CO)C(O)C(OS(=O)(=O)O)C1O)OC(=O)CCCCCCCCCCC. The Bertz CT molecular complexity index is 1000. The minimum atomic E-state index is -5.05. The average molecular weight is 751 g/mol. The number of ether oxygens (including phenoxy) is 4. The van der Waals surface area contributed by atoms with Crippen molar-refractivity contribution in [3.63, 3.8) is 0 Å². The zero-order valence-electron chi connectivity index (χ0n) is 31.4. The number of allylic oxidation sites excluding steroid dienone is 4. The van der Waals surface area contributed by atoms with E-state index in [1.54, 1.807) is 0 Å². The number of carbonyl (C=O) groups excluding carboxylic acids is 1. The maximum Gasteiger partial charge on any atom is 0.397 e. The van der Waals surface area contributed by atoms with Gasteiger partial charge in [0, 0.05) is 13.0 Å². The van der Waals surface area contributed by atoms with E-state index in [1.807, 2.05) is 0 Å². The van der Waals surface area contributed by atoms with Crippen LogP contribution in [0, 0.1) is 0 Å². The van der Waals surface area contributed by atoms with Gasteiger partial charge in [0.1, 0.15) is 30.5 Å². The molecule has 1 heterocycles. The second-order valence-corrected chi connectivity index (χ2v) is 14.6. The Hall–Kier alpha value is -1.42. The van der Waals surface area contributed by atoms with Crippen molar-refractivity contribution in [1.82, 2.24) is 0 Å². The maximum atomic E-state index is 12.7. The highest BCUT2D eigenvalue weighted by Crippen LogP contribution is 2.26. The Labute approximate surface area is 308 Å². The summed E-state index contributed by atoms with van der Waals surface area (Å²) >= 11 is 0. The number of aliphatic hydroxyl groups is 3. The Balaban J connectivity index is 2.49. The summed E-state index contributed by atoms with van der Waals surface area (Å²) in [5.41, 5.74) is 0. The van der Waals surface area contributed by atoms with Crippen LogP contribution in [0.2, 0.25) is 0 Å². The van der Waals surface area contributed by atoms with Crippen molar-refractivity contribution < 1.29 is 56.2 Å². The number of hydrogen-bond acceptors (Lipinski definition) is 11. The fourth-order valence-corrected chi connectivity index (χ4v) is 6.31. The summed E-state index contributed by atoms with van der Waals surface area (Å²) in [5.74, 6) is -0.408. The molecule has 0 radical (unpaired) electrons. The molecule has 1 fully saturated rings. The van der Waals surface area contributed by atoms with Crippen molar-refractivity contribution in [3.05, 3.63) is 24.3 Å². The van der Waals surface area contributed by atoms with Crippen LogP contribution >= 0.6 is 0 Å². The molecule has 0 amide bonds. The van der Waals surface area contributed by atoms with E-state index in [9.17, 15) is 28.5 Å². The fourth-order valence-electron chi connectivity index (χ4n) is 5.80. The highest BCUT2D eigenvalue weighted by molar-refractivity contribution is 7.80. The third kappa shape index (κ3) is 25.3. The van der Waals surface area contributed by atoms with Crippen LogP contribution in [-0.4, -0.2) is 97.5 Å². The third-order valence-electron chi connectivity index (χ3n) is 8.83. The highest BCUT2D eigenvalue weighted by Gasteiger charge is 2.48. The minimum absolute atomic E-state index is 0.0312. The smallest absolute Gasteiger partial charge is 0.397 e. The summed E-state index contributed by atoms with van der Waals surface area (Å²) in [7, 11) is -5.05. The quantitative estimate of drug-likeness (QED) is 0.0236. The van der Waals surface area contributed by atoms with Gasteiger partial charge in [-0.1, -0.05) is 128 Å². The van der Waals surface area contributed by atoms with Crippen LogP contribution < -0.4 is 0 Å². The van der Waals surface area contributed by atoms with E-state index in [0.29, 0.717) is 13.0 Å². The summed E-state index contributed by atoms with van der Waals surface area (Å²) in [5, 5.41) is 30.5. The molecule has 1 aliphatic rings. The van der Waals surface area contributed by atoms with Crippen molar-refractivity contribution in [3.8, 4) is 0 Å². The summed E-state index contributed by atoms with van der Waals surface area (Å²) in [4.78, 5) is 12.7. The van der Waals surface area contributed by atoms with Gasteiger partial charge in [0.25, 0.3) is 0 Å². The van der Waals surface area contributed by atoms with Gasteiger partial charge in [0.2, 0.25) is 0 Å². The van der Waals surface area contributed by atoms with Crippen LogP contribution in [0.4, 0.5) is 0 Å². The number of aliphatic hydroxyl groups excluding tert-OH is 3. The van der Waals surface area contributed by atoms with Gasteiger partial charge in [0.15, 0.2) is 6.29 Å². The van der Waals surface area contributed by atoms with Crippen LogP contribution in [0.15, 0.2) is 24.3 Å². The van der Waals surface area contributed by atoms with E-state index in [1.165, 1.54) is 57.8 Å². The topological polar surface area (TPSA) is 178 Å². The molecule has 6 atom stereocenters. The second kappa shape index (κ2) is 31.0. The van der Waals surface area contributed by atoms with Gasteiger partial charge in [-0.15, -0.1) is 0 Å². The lowest BCUT2D eigenvalue weighted by atomic mass is 9.99. The van der Waals surface area contributed by atoms with E-state index < -0.39 is 59.8 Å². The number of unbranched alkanes of at least 4 members (excludes halogenated alkanes) is 16. The van der Waals surface area contributed by atoms with Gasteiger partial charge < -0.3 is 34.3 Å². The molecule has 0 aromatic rings. The summed E-state index contributed by atoms with van der Waals surface area (Å²) in [6, 6.07) is 0. The van der Waals surface area contributed by atoms with E-state index in [0.717, 1.165) is 64.2 Å². The largest absolute Gasteiger partial charge is 0.457 e. The molecule has 0 bridgehead atoms. The lowest BCUT2D eigenvalue weighted by molar-refractivity contribution is -0.301. The molecule has 12 nitrogen and oxygen atoms in total. The summed E-state index contributed by atoms with van der Waals surface area (Å²) in [6.45, 7) is 3.88. The van der Waals surface area contributed by atoms with E-state index in [2.05, 4.69) is 42.3 Å². The first-order valence-electron chi connectivity index (χ1n) is 19.6. The predicted octanol–water partition coefficient (Wildman–Crippen LogP) is 6.90. The molecule has 0 spiro atoms. The molecule has 6 unspecified atom stereocenters. The molecule has 51 heavy (non-hydrogen) atoms. The molecule has 0 saturated carbocycles. The van der Waals surface area contributed by atoms with Crippen LogP contribution in [0.3, 0.4) is 0 Å². The lowest BCUT2D eigenvalue weighted by Gasteiger charge is -2.41. The van der Waals surface area contributed by atoms with Gasteiger partial charge >= 0.3 is 16.4 Å². The molecule has 0 aromatic heterocycles. The highest BCUT2D eigenvalue weighted by atomic mass is 32.3. The third-order valence-corrected chi connectivity index (χ3v) is 9.29. The van der Waals surface area contributed by atoms with Gasteiger partial charge in [0.05, 0.1) is 19.8 Å². The average Bonchev–Trinajstić information content (AvgIpc) is 3.09. The van der Waals surface area contributed by atoms with Gasteiger partial charge in [-0.3, -0.25) is 9.35 Å². The molecule has 1 saturated heterocycles. The van der Waals surface area contributed by atoms with Crippen molar-refractivity contribution >= 4 is 16.4 Å². The monoisotopic (exact) mass is 750 g/mol. The molecule has 1 rings (SSSR count). The van der Waals surface area contributed by atoms with E-state index in [-0.39, 0.29) is 19.6 Å². The number of carbonyl (C=O) groups is 1. The van der Waals surface area contributed by atoms with Crippen LogP contribution in [-0.2, 0) is 38.3 Å². The zero-order chi connectivity index (χ0) is 37.6. The van der Waals surface area contributed by atoms with Gasteiger partial charge in [-0.05, 0) is 38.5 Å². The number of rotatable bonds is 33. The van der Waals surface area contributed by atoms with E-state index in [4.69, 9.17) is 23.5 Å². The van der Waals surface area contributed by atoms with Crippen molar-refractivity contribution in [1.29, 1.82) is 0 Å². The number of esters is 1. The van der Waals surface area contributed by atoms with Crippen molar-refractivity contribution in [2.45, 2.75) is 185 Å². The number of hydrogen-bond donors (Lipinski definition) is 4. The molecule has 13 heteroatoms. The standard InChI is InChI=1S/C38H70O12S/c1-3-5-7-9-11-13-14-15-16-17-18-20-22-24-26-28-46-30-32(48-34(40)27-25-23-21-19-12-10-8-6-4-2)31-47-38-36(42)37(50-51(43,44)45)35(41)33(29-39)49-38/h9,11,14-15,32-33,35-39,41-42H,3-8,10,12-13,16-31H2,1-2H3,(H,43,44,45)/b11-9-,15-14-. The lowest BCUT2D eigenvalue weighted by Crippen LogP contribution is -2.60. The van der Waals surface area contributed by atoms with Crippen molar-refractivity contribution in [2.75, 3.05) is 26.4 Å². The van der Waals surface area contributed by atoms with Crippen LogP contribution in [0.5, 0.6) is 0 Å². The molecule has 300 valence electrons. The zero-order valence-corrected chi connectivity index (χ0v) is 32.2. The minimum Gasteiger partial charge on any atom is -0.457 e. The van der Waals surface area contributed by atoms with Gasteiger partial charge in [-0.2, -0.15) is 8.42 Å². The normalized spacial score (nSPS) is 21.9. The molecule has 4 N–H and O–H groups in total. The Morgan fingerprint density at radius 2 is 1.31 bits per heavy atom. The molecule has 0 aliphatic carbocycles. The van der Waals surface area contributed by atoms with Gasteiger partial charge in [-0.25, -0.2) is 4.18 Å². The Morgan fingerprint density at radius 1 is 0.745 bits per heavy atom. The molecule has 0 aromatic carbocycles. The van der Waals surface area contributed by atoms with E-state index >= 15 is 0 Å². The summed E-state index contributed by atoms with van der Waals surface area (Å²) in [6.07, 6.45) is 22.3. The maximum absolute atomic E-state index is 12.7. The molecule has 1 aliphatic heterocycles. The fraction of sp³-hybridized carbons (Fsp3) is 0.868. The first-order chi connectivity index (χ1) is 24.6. The first kappa shape index (κ1) is 47.6. The Morgan fingerprint density at radius 3 is 1.92 bits per heavy atom. The molecular weight excluding hydrogens is 680 g/mol.